The van der Waals surface area contributed by atoms with Crippen LogP contribution in [-0.2, 0) is 0 Å². The van der Waals surface area contributed by atoms with E-state index in [0.717, 1.165) is 33.9 Å². The van der Waals surface area contributed by atoms with Crippen LogP contribution in [0.5, 0.6) is 0 Å². The van der Waals surface area contributed by atoms with E-state index in [1.165, 1.54) is 69.4 Å². The van der Waals surface area contributed by atoms with E-state index in [0.29, 0.717) is 0 Å². The number of hydrogen-bond donors (Lipinski definition) is 1. The van der Waals surface area contributed by atoms with Gasteiger partial charge in [-0.1, -0.05) is 133 Å². The van der Waals surface area contributed by atoms with Gasteiger partial charge in [0.25, 0.3) is 0 Å². The van der Waals surface area contributed by atoms with Crippen molar-refractivity contribution in [2.75, 3.05) is 0 Å². The summed E-state index contributed by atoms with van der Waals surface area (Å²) in [4.78, 5) is 5.40. The molecule has 0 amide bonds. The molecule has 0 bridgehead atoms. The fourth-order valence-electron chi connectivity index (χ4n) is 8.95. The second-order valence-corrected chi connectivity index (χ2v) is 15.9. The van der Waals surface area contributed by atoms with Crippen LogP contribution < -0.4 is 5.32 Å². The molecular formula is C52H34N4S. The van der Waals surface area contributed by atoms with Crippen molar-refractivity contribution in [2.24, 2.45) is 4.99 Å². The van der Waals surface area contributed by atoms with Gasteiger partial charge in [-0.15, -0.1) is 11.3 Å². The summed E-state index contributed by atoms with van der Waals surface area (Å²) in [5, 5.41) is 11.4. The number of fused-ring (bicyclic) bond motifs is 10. The molecule has 5 heteroatoms. The Morgan fingerprint density at radius 2 is 1.07 bits per heavy atom. The summed E-state index contributed by atoms with van der Waals surface area (Å²) in [5.41, 5.74) is 11.4. The average molecular weight is 747 g/mol. The Labute approximate surface area is 332 Å². The molecule has 0 saturated carbocycles. The third-order valence-corrected chi connectivity index (χ3v) is 12.8. The highest BCUT2D eigenvalue weighted by atomic mass is 32.1. The fraction of sp³-hybridized carbons (Fsp3) is 0.0192. The molecule has 57 heavy (non-hydrogen) atoms. The maximum atomic E-state index is 5.40. The Kier molecular flexibility index (Phi) is 7.13. The van der Waals surface area contributed by atoms with Crippen molar-refractivity contribution in [1.82, 2.24) is 14.5 Å². The van der Waals surface area contributed by atoms with Gasteiger partial charge in [-0.3, -0.25) is 4.57 Å². The number of aromatic nitrogens is 2. The van der Waals surface area contributed by atoms with Crippen molar-refractivity contribution in [1.29, 1.82) is 0 Å². The maximum absolute atomic E-state index is 5.40. The summed E-state index contributed by atoms with van der Waals surface area (Å²) in [5.74, 6) is 0.813. The van der Waals surface area contributed by atoms with Crippen LogP contribution >= 0.6 is 11.3 Å². The smallest absolute Gasteiger partial charge is 0.209 e. The third-order valence-electron chi connectivity index (χ3n) is 11.6. The number of para-hydroxylation sites is 2. The average Bonchev–Trinajstić information content (AvgIpc) is 3.94. The minimum absolute atomic E-state index is 0.0570. The molecule has 11 aromatic rings. The van der Waals surface area contributed by atoms with Gasteiger partial charge in [0.15, 0.2) is 0 Å². The first-order chi connectivity index (χ1) is 28.3. The van der Waals surface area contributed by atoms with Crippen LogP contribution in [0.25, 0.3) is 86.3 Å². The summed E-state index contributed by atoms with van der Waals surface area (Å²) in [6.45, 7) is 0. The molecule has 0 aliphatic carbocycles. The number of hydrogen-bond acceptors (Lipinski definition) is 3. The molecule has 4 nitrogen and oxygen atoms in total. The van der Waals surface area contributed by atoms with E-state index < -0.39 is 0 Å². The fourth-order valence-corrected chi connectivity index (χ4v) is 10.2. The molecule has 1 N–H and O–H groups in total. The van der Waals surface area contributed by atoms with Crippen molar-refractivity contribution in [3.63, 3.8) is 0 Å². The summed E-state index contributed by atoms with van der Waals surface area (Å²) in [6, 6.07) is 67.8. The van der Waals surface area contributed by atoms with Crippen LogP contribution in [0.1, 0.15) is 17.2 Å². The Hall–Kier alpha value is -7.21. The molecule has 0 spiro atoms. The molecule has 12 rings (SSSR count). The van der Waals surface area contributed by atoms with E-state index in [-0.39, 0.29) is 6.04 Å². The van der Waals surface area contributed by atoms with Crippen LogP contribution in [-0.4, -0.2) is 15.1 Å². The third kappa shape index (κ3) is 5.03. The zero-order valence-corrected chi connectivity index (χ0v) is 31.6. The lowest BCUT2D eigenvalue weighted by molar-refractivity contribution is 0.760. The first kappa shape index (κ1) is 32.1. The lowest BCUT2D eigenvalue weighted by atomic mass is 10.00. The summed E-state index contributed by atoms with van der Waals surface area (Å²) >= 11 is 1.88. The molecule has 1 unspecified atom stereocenters. The highest BCUT2D eigenvalue weighted by Crippen LogP contribution is 2.44. The van der Waals surface area contributed by atoms with Gasteiger partial charge >= 0.3 is 0 Å². The number of benzene rings is 8. The molecule has 1 atom stereocenters. The van der Waals surface area contributed by atoms with Gasteiger partial charge in [0.05, 0.1) is 33.8 Å². The minimum Gasteiger partial charge on any atom is -0.345 e. The second kappa shape index (κ2) is 12.7. The normalized spacial score (nSPS) is 14.5. The molecule has 0 saturated heterocycles. The Bertz CT molecular complexity index is 3420. The van der Waals surface area contributed by atoms with E-state index in [4.69, 9.17) is 4.99 Å². The Balaban J connectivity index is 1.10. The maximum Gasteiger partial charge on any atom is 0.209 e. The van der Waals surface area contributed by atoms with E-state index in [9.17, 15) is 0 Å². The van der Waals surface area contributed by atoms with E-state index in [1.54, 1.807) is 0 Å². The summed E-state index contributed by atoms with van der Waals surface area (Å²) in [6.07, 6.45) is 2.25. The van der Waals surface area contributed by atoms with Gasteiger partial charge in [-0.2, -0.15) is 0 Å². The zero-order valence-electron chi connectivity index (χ0n) is 30.8. The van der Waals surface area contributed by atoms with Crippen molar-refractivity contribution in [2.45, 2.75) is 6.04 Å². The van der Waals surface area contributed by atoms with Gasteiger partial charge < -0.3 is 9.88 Å². The summed E-state index contributed by atoms with van der Waals surface area (Å²) < 4.78 is 7.32. The van der Waals surface area contributed by atoms with Crippen molar-refractivity contribution in [3.05, 3.63) is 205 Å². The van der Waals surface area contributed by atoms with Crippen LogP contribution in [0.2, 0.25) is 0 Å². The topological polar surface area (TPSA) is 34.2 Å². The second-order valence-electron chi connectivity index (χ2n) is 14.8. The Morgan fingerprint density at radius 1 is 0.456 bits per heavy atom. The van der Waals surface area contributed by atoms with E-state index in [1.807, 2.05) is 11.3 Å². The van der Waals surface area contributed by atoms with Crippen molar-refractivity contribution >= 4 is 86.8 Å². The van der Waals surface area contributed by atoms with Gasteiger partial charge in [-0.25, -0.2) is 4.99 Å². The quantitative estimate of drug-likeness (QED) is 0.191. The largest absolute Gasteiger partial charge is 0.345 e. The summed E-state index contributed by atoms with van der Waals surface area (Å²) in [7, 11) is 0. The standard InChI is InChI=1S/C52H34N4S/c1-4-14-33(15-5-1)43-32-44(34-16-6-2-7-17-34)54-52(53-43)56-47-28-25-36(31-42(47)50-48(56)29-26-40-39-21-11-13-23-49(39)57-51(40)50)35-24-27-46-41(30-35)38-20-10-12-22-45(38)55(46)37-18-8-3-9-19-37/h1-32,43H,(H,53,54). The number of rotatable bonds is 4. The van der Waals surface area contributed by atoms with Crippen LogP contribution in [0, 0.1) is 0 Å². The van der Waals surface area contributed by atoms with E-state index in [2.05, 4.69) is 209 Å². The molecule has 8 aromatic carbocycles. The monoisotopic (exact) mass is 746 g/mol. The SMILES string of the molecule is C1=C(c2ccccc2)N=C(n2c3ccc(-c4ccc5c(c4)c4ccccc4n5-c4ccccc4)cc3c3c4sc5ccccc5c4ccc32)NC1c1ccccc1. The first-order valence-corrected chi connectivity index (χ1v) is 20.2. The highest BCUT2D eigenvalue weighted by Gasteiger charge is 2.25. The van der Waals surface area contributed by atoms with Crippen LogP contribution in [0.4, 0.5) is 0 Å². The number of nitrogens with zero attached hydrogens (tertiary/aromatic N) is 3. The predicted octanol–water partition coefficient (Wildman–Crippen LogP) is 13.5. The molecule has 3 aromatic heterocycles. The molecule has 4 heterocycles. The molecule has 1 aliphatic rings. The molecule has 0 fully saturated rings. The minimum atomic E-state index is -0.0570. The van der Waals surface area contributed by atoms with Crippen molar-refractivity contribution in [3.8, 4) is 16.8 Å². The lowest BCUT2D eigenvalue weighted by Crippen LogP contribution is -2.35. The van der Waals surface area contributed by atoms with Crippen LogP contribution in [0.15, 0.2) is 199 Å². The molecular weight excluding hydrogens is 713 g/mol. The van der Waals surface area contributed by atoms with Gasteiger partial charge in [0, 0.05) is 53.0 Å². The van der Waals surface area contributed by atoms with E-state index >= 15 is 0 Å². The first-order valence-electron chi connectivity index (χ1n) is 19.4. The van der Waals surface area contributed by atoms with Gasteiger partial charge in [0.2, 0.25) is 5.96 Å². The Morgan fingerprint density at radius 3 is 1.86 bits per heavy atom. The molecule has 1 aliphatic heterocycles. The van der Waals surface area contributed by atoms with Crippen molar-refractivity contribution < 1.29 is 0 Å². The van der Waals surface area contributed by atoms with Crippen LogP contribution in [0.3, 0.4) is 0 Å². The highest BCUT2D eigenvalue weighted by molar-refractivity contribution is 7.26. The lowest BCUT2D eigenvalue weighted by Gasteiger charge is -2.25. The molecule has 0 radical (unpaired) electrons. The number of aliphatic imine (C=N–C) groups is 1. The number of nitrogens with one attached hydrogen (secondary N) is 1. The van der Waals surface area contributed by atoms with Gasteiger partial charge in [0.1, 0.15) is 0 Å². The predicted molar refractivity (Wildman–Crippen MR) is 242 cm³/mol. The zero-order chi connectivity index (χ0) is 37.5. The number of thiophene rings is 1. The molecule has 268 valence electrons. The van der Waals surface area contributed by atoms with Gasteiger partial charge in [-0.05, 0) is 77.4 Å².